The molecule has 0 bridgehead atoms. The van der Waals surface area contributed by atoms with Gasteiger partial charge in [0.05, 0.1) is 0 Å². The lowest BCUT2D eigenvalue weighted by atomic mass is 9.32. The number of amides is 1. The first kappa shape index (κ1) is 26.9. The van der Waals surface area contributed by atoms with E-state index in [0.29, 0.717) is 11.6 Å². The molecule has 1 heterocycles. The van der Waals surface area contributed by atoms with Crippen molar-refractivity contribution < 1.29 is 15.0 Å². The van der Waals surface area contributed by atoms with Crippen molar-refractivity contribution in [2.75, 3.05) is 26.2 Å². The monoisotopic (exact) mass is 533 g/mol. The van der Waals surface area contributed by atoms with Gasteiger partial charge in [-0.3, -0.25) is 4.79 Å². The maximum absolute atomic E-state index is 14.0. The summed E-state index contributed by atoms with van der Waals surface area (Å²) in [6.45, 7) is 19.1. The third-order valence-corrected chi connectivity index (χ3v) is 13.0. The fourth-order valence-corrected chi connectivity index (χ4v) is 9.99. The van der Waals surface area contributed by atoms with E-state index in [4.69, 9.17) is 5.73 Å². The molecule has 0 radical (unpaired) electrons. The van der Waals surface area contributed by atoms with Gasteiger partial charge in [-0.2, -0.15) is 0 Å². The van der Waals surface area contributed by atoms with Crippen molar-refractivity contribution in [2.45, 2.75) is 90.5 Å². The highest BCUT2D eigenvalue weighted by molar-refractivity contribution is 5.83. The van der Waals surface area contributed by atoms with E-state index in [9.17, 15) is 15.0 Å². The van der Waals surface area contributed by atoms with E-state index >= 15 is 0 Å². The molecule has 6 nitrogen and oxygen atoms in total. The van der Waals surface area contributed by atoms with Crippen LogP contribution in [0.1, 0.15) is 85.1 Å². The van der Waals surface area contributed by atoms with Gasteiger partial charge in [0.1, 0.15) is 0 Å². The first-order chi connectivity index (χ1) is 18.2. The summed E-state index contributed by atoms with van der Waals surface area (Å²) in [7, 11) is 0. The molecule has 0 aromatic heterocycles. The van der Waals surface area contributed by atoms with Gasteiger partial charge in [-0.25, -0.2) is 0 Å². The van der Waals surface area contributed by atoms with Gasteiger partial charge in [-0.15, -0.1) is 0 Å². The molecular weight excluding hydrogens is 486 g/mol. The number of benzene rings is 1. The van der Waals surface area contributed by atoms with Crippen molar-refractivity contribution in [3.05, 3.63) is 33.7 Å². The summed E-state index contributed by atoms with van der Waals surface area (Å²) >= 11 is 0. The maximum Gasteiger partial charge on any atom is 0.228 e. The van der Waals surface area contributed by atoms with Crippen LogP contribution in [0.4, 0.5) is 0 Å². The Morgan fingerprint density at radius 1 is 0.974 bits per heavy atom. The molecule has 1 aliphatic heterocycles. The van der Waals surface area contributed by atoms with Gasteiger partial charge in [0, 0.05) is 47.8 Å². The van der Waals surface area contributed by atoms with Gasteiger partial charge in [0.2, 0.25) is 5.91 Å². The molecule has 5 aliphatic rings. The molecular formula is C33H47N3O3. The second kappa shape index (κ2) is 8.13. The van der Waals surface area contributed by atoms with Gasteiger partial charge >= 0.3 is 0 Å². The number of hydrogen-bond donors (Lipinski definition) is 4. The number of nitrogens with one attached hydrogen (secondary N) is 1. The van der Waals surface area contributed by atoms with Crippen LogP contribution >= 0.6 is 0 Å². The van der Waals surface area contributed by atoms with Crippen LogP contribution in [0, 0.1) is 21.7 Å². The van der Waals surface area contributed by atoms with Gasteiger partial charge in [-0.05, 0) is 78.0 Å². The first-order valence-electron chi connectivity index (χ1n) is 14.9. The molecule has 212 valence electrons. The molecule has 6 unspecified atom stereocenters. The van der Waals surface area contributed by atoms with E-state index < -0.39 is 11.0 Å². The lowest BCUT2D eigenvalue weighted by molar-refractivity contribution is -0.185. The van der Waals surface area contributed by atoms with E-state index in [1.807, 2.05) is 0 Å². The zero-order valence-electron chi connectivity index (χ0n) is 24.5. The second-order valence-corrected chi connectivity index (χ2v) is 14.7. The predicted octanol–water partition coefficient (Wildman–Crippen LogP) is 3.41. The number of aromatic hydroxyl groups is 2. The Morgan fingerprint density at radius 2 is 1.64 bits per heavy atom. The van der Waals surface area contributed by atoms with Gasteiger partial charge in [0.15, 0.2) is 11.5 Å². The van der Waals surface area contributed by atoms with Gasteiger partial charge in [0.25, 0.3) is 0 Å². The molecule has 5 N–H and O–H groups in total. The quantitative estimate of drug-likeness (QED) is 0.415. The summed E-state index contributed by atoms with van der Waals surface area (Å²) in [6, 6.07) is 1.75. The molecule has 0 spiro atoms. The highest BCUT2D eigenvalue weighted by Crippen LogP contribution is 2.75. The molecule has 1 amide bonds. The Morgan fingerprint density at radius 3 is 2.33 bits per heavy atom. The largest absolute Gasteiger partial charge is 0.504 e. The SMILES string of the molecule is C=c1c(O)c(O)cc2c1=CC=C1C2(C)CCC2(C)C1(C)CCC1(C)CCC(C)(C(=O)N3CCNCC3)CC12N. The van der Waals surface area contributed by atoms with E-state index in [-0.39, 0.29) is 39.1 Å². The number of rotatable bonds is 1. The van der Waals surface area contributed by atoms with Crippen molar-refractivity contribution in [2.24, 2.45) is 27.4 Å². The number of piperazine rings is 1. The smallest absolute Gasteiger partial charge is 0.228 e. The number of nitrogens with zero attached hydrogens (tertiary/aromatic N) is 1. The molecule has 6 heteroatoms. The molecule has 6 rings (SSSR count). The maximum atomic E-state index is 14.0. The fourth-order valence-electron chi connectivity index (χ4n) is 9.99. The molecule has 39 heavy (non-hydrogen) atoms. The second-order valence-electron chi connectivity index (χ2n) is 14.7. The minimum absolute atomic E-state index is 0.0281. The van der Waals surface area contributed by atoms with E-state index in [1.54, 1.807) is 6.07 Å². The van der Waals surface area contributed by atoms with Crippen molar-refractivity contribution in [3.63, 3.8) is 0 Å². The summed E-state index contributed by atoms with van der Waals surface area (Å²) in [4.78, 5) is 16.1. The number of carbonyl (C=O) groups is 1. The molecule has 3 saturated carbocycles. The third-order valence-electron chi connectivity index (χ3n) is 13.0. The molecule has 1 saturated heterocycles. The number of carbonyl (C=O) groups excluding carboxylic acids is 1. The van der Waals surface area contributed by atoms with Crippen molar-refractivity contribution >= 4 is 18.6 Å². The third kappa shape index (κ3) is 3.19. The summed E-state index contributed by atoms with van der Waals surface area (Å²) in [5, 5.41) is 25.7. The van der Waals surface area contributed by atoms with Crippen LogP contribution in [0.15, 0.2) is 17.7 Å². The molecule has 1 aromatic rings. The first-order valence-corrected chi connectivity index (χ1v) is 14.9. The zero-order valence-corrected chi connectivity index (χ0v) is 24.5. The van der Waals surface area contributed by atoms with Crippen LogP contribution < -0.4 is 21.5 Å². The summed E-state index contributed by atoms with van der Waals surface area (Å²) in [5.74, 6) is 0.0428. The highest BCUT2D eigenvalue weighted by atomic mass is 16.3. The molecule has 6 atom stereocenters. The number of phenolic OH excluding ortho intramolecular Hbond substituents is 2. The van der Waals surface area contributed by atoms with Crippen LogP contribution in [0.5, 0.6) is 11.5 Å². The minimum atomic E-state index is -0.499. The van der Waals surface area contributed by atoms with Crippen LogP contribution in [-0.2, 0) is 10.2 Å². The van der Waals surface area contributed by atoms with Crippen LogP contribution in [0.2, 0.25) is 0 Å². The normalized spacial score (nSPS) is 43.2. The average Bonchev–Trinajstić information content (AvgIpc) is 2.91. The Balaban J connectivity index is 1.46. The fraction of sp³-hybridized carbons (Fsp3) is 0.667. The van der Waals surface area contributed by atoms with Gasteiger partial charge in [-0.1, -0.05) is 58.9 Å². The van der Waals surface area contributed by atoms with E-state index in [1.165, 1.54) is 5.57 Å². The minimum Gasteiger partial charge on any atom is -0.504 e. The van der Waals surface area contributed by atoms with Crippen LogP contribution in [0.3, 0.4) is 0 Å². The lowest BCUT2D eigenvalue weighted by Crippen LogP contribution is -2.77. The Kier molecular flexibility index (Phi) is 5.60. The Labute approximate surface area is 233 Å². The zero-order chi connectivity index (χ0) is 28.2. The summed E-state index contributed by atoms with van der Waals surface area (Å²) < 4.78 is 0. The van der Waals surface area contributed by atoms with Crippen LogP contribution in [0.25, 0.3) is 12.7 Å². The number of allylic oxidation sites excluding steroid dienone is 2. The number of phenols is 2. The van der Waals surface area contributed by atoms with E-state index in [0.717, 1.165) is 75.5 Å². The Bertz CT molecular complexity index is 1400. The standard InChI is InChI=1S/C33H47N3O3/c1-21-22-7-8-25-30(4,23(22)19-24(37)26(21)38)12-14-32(6)31(25,5)13-11-29(3)10-9-28(2,20-33(29,32)34)27(39)36-17-15-35-16-18-36/h7-8,19,35,37-38H,1,9-18,20,34H2,2-6H3. The summed E-state index contributed by atoms with van der Waals surface area (Å²) in [6.07, 6.45) is 10.9. The van der Waals surface area contributed by atoms with Crippen molar-refractivity contribution in [1.29, 1.82) is 0 Å². The van der Waals surface area contributed by atoms with Gasteiger partial charge < -0.3 is 26.2 Å². The Hall–Kier alpha value is -2.31. The average molecular weight is 534 g/mol. The van der Waals surface area contributed by atoms with Crippen molar-refractivity contribution in [1.82, 2.24) is 10.2 Å². The van der Waals surface area contributed by atoms with Crippen molar-refractivity contribution in [3.8, 4) is 11.5 Å². The summed E-state index contributed by atoms with van der Waals surface area (Å²) in [5.41, 5.74) is 8.61. The predicted molar refractivity (Wildman–Crippen MR) is 156 cm³/mol. The number of nitrogens with two attached hydrogens (primary N) is 1. The van der Waals surface area contributed by atoms with E-state index in [2.05, 4.69) is 63.6 Å². The molecule has 1 aromatic carbocycles. The number of fused-ring (bicyclic) bond motifs is 7. The highest BCUT2D eigenvalue weighted by Gasteiger charge is 2.72. The number of hydrogen-bond acceptors (Lipinski definition) is 5. The van der Waals surface area contributed by atoms with Crippen LogP contribution in [-0.4, -0.2) is 52.7 Å². The molecule has 4 aliphatic carbocycles. The lowest BCUT2D eigenvalue weighted by Gasteiger charge is -2.74. The molecule has 4 fully saturated rings. The topological polar surface area (TPSA) is 98.8 Å².